The molecule has 1 aromatic carbocycles. The van der Waals surface area contributed by atoms with E-state index in [9.17, 15) is 4.79 Å². The Morgan fingerprint density at radius 2 is 2.09 bits per heavy atom. The highest BCUT2D eigenvalue weighted by atomic mass is 35.5. The first-order valence-corrected chi connectivity index (χ1v) is 11.6. The van der Waals surface area contributed by atoms with Gasteiger partial charge in [-0.05, 0) is 35.9 Å². The van der Waals surface area contributed by atoms with Gasteiger partial charge in [-0.25, -0.2) is 10.5 Å². The lowest BCUT2D eigenvalue weighted by Gasteiger charge is -2.26. The number of hydroxylamine groups is 1. The molecule has 2 atom stereocenters. The molecule has 9 heteroatoms. The van der Waals surface area contributed by atoms with Gasteiger partial charge in [-0.1, -0.05) is 42.0 Å². The molecule has 2 aliphatic rings. The number of fused-ring (bicyclic) bond motifs is 1. The summed E-state index contributed by atoms with van der Waals surface area (Å²) in [6, 6.07) is 8.97. The fourth-order valence-electron chi connectivity index (χ4n) is 3.93. The molecule has 0 fully saturated rings. The molecule has 35 heavy (non-hydrogen) atoms. The van der Waals surface area contributed by atoms with Crippen LogP contribution >= 0.6 is 11.6 Å². The number of dihydropyridines is 1. The first-order chi connectivity index (χ1) is 17.0. The van der Waals surface area contributed by atoms with E-state index < -0.39 is 5.91 Å². The average molecular weight is 494 g/mol. The van der Waals surface area contributed by atoms with Gasteiger partial charge in [0.05, 0.1) is 41.2 Å². The van der Waals surface area contributed by atoms with E-state index in [1.54, 1.807) is 25.3 Å². The van der Waals surface area contributed by atoms with Crippen LogP contribution in [0, 0.1) is 5.92 Å². The topological polar surface area (TPSA) is 102 Å². The van der Waals surface area contributed by atoms with Crippen molar-refractivity contribution >= 4 is 35.2 Å². The van der Waals surface area contributed by atoms with Gasteiger partial charge in [0.15, 0.2) is 5.82 Å². The number of aromatic nitrogens is 1. The standard InChI is InChI=1S/C26H28ClN5O3/c1-32(16-17-5-9-23-18(14-17)4-3-11-29-23)25-22(28)8-10-24(30-25)19-6-7-20(21(27)15-19)26(33)31-35-13-12-34-2/h3-11,14-15,18,23H,12-13,16,28H2,1-2H3,(H,31,33). The van der Waals surface area contributed by atoms with Crippen molar-refractivity contribution in [3.8, 4) is 11.3 Å². The number of halogens is 1. The molecule has 2 aromatic rings. The van der Waals surface area contributed by atoms with Gasteiger partial charge in [-0.15, -0.1) is 0 Å². The predicted octanol–water partition coefficient (Wildman–Crippen LogP) is 3.85. The summed E-state index contributed by atoms with van der Waals surface area (Å²) in [7, 11) is 3.51. The summed E-state index contributed by atoms with van der Waals surface area (Å²) in [5.74, 6) is 0.506. The van der Waals surface area contributed by atoms with Crippen molar-refractivity contribution in [2.24, 2.45) is 10.9 Å². The third kappa shape index (κ3) is 5.97. The minimum atomic E-state index is -0.433. The molecule has 0 radical (unpaired) electrons. The average Bonchev–Trinajstić information content (AvgIpc) is 2.86. The van der Waals surface area contributed by atoms with Crippen molar-refractivity contribution in [2.75, 3.05) is 44.5 Å². The second kappa shape index (κ2) is 11.3. The summed E-state index contributed by atoms with van der Waals surface area (Å²) in [4.78, 5) is 28.7. The number of anilines is 2. The lowest BCUT2D eigenvalue weighted by molar-refractivity contribution is 0.00890. The number of benzene rings is 1. The Labute approximate surface area is 209 Å². The van der Waals surface area contributed by atoms with Gasteiger partial charge in [-0.3, -0.25) is 14.6 Å². The number of nitrogens with two attached hydrogens (primary N) is 1. The number of hydrogen-bond donors (Lipinski definition) is 2. The highest BCUT2D eigenvalue weighted by Gasteiger charge is 2.20. The molecular formula is C26H28ClN5O3. The number of pyridine rings is 1. The van der Waals surface area contributed by atoms with Crippen molar-refractivity contribution in [1.29, 1.82) is 0 Å². The van der Waals surface area contributed by atoms with E-state index in [0.717, 1.165) is 5.56 Å². The molecule has 2 heterocycles. The Balaban J connectivity index is 1.48. The molecule has 1 aliphatic carbocycles. The zero-order valence-corrected chi connectivity index (χ0v) is 20.4. The van der Waals surface area contributed by atoms with Crippen molar-refractivity contribution in [3.63, 3.8) is 0 Å². The number of nitrogens with zero attached hydrogens (tertiary/aromatic N) is 3. The van der Waals surface area contributed by atoms with Gasteiger partial charge in [0.25, 0.3) is 5.91 Å². The van der Waals surface area contributed by atoms with Gasteiger partial charge < -0.3 is 15.4 Å². The Hall–Kier alpha value is -3.46. The van der Waals surface area contributed by atoms with Crippen LogP contribution < -0.4 is 16.1 Å². The summed E-state index contributed by atoms with van der Waals surface area (Å²) < 4.78 is 4.88. The fourth-order valence-corrected chi connectivity index (χ4v) is 4.20. The van der Waals surface area contributed by atoms with Gasteiger partial charge in [0.2, 0.25) is 0 Å². The molecular weight excluding hydrogens is 466 g/mol. The van der Waals surface area contributed by atoms with E-state index in [-0.39, 0.29) is 18.6 Å². The van der Waals surface area contributed by atoms with Gasteiger partial charge in [0, 0.05) is 38.4 Å². The monoisotopic (exact) mass is 493 g/mol. The first kappa shape index (κ1) is 24.7. The van der Waals surface area contributed by atoms with Gasteiger partial charge >= 0.3 is 0 Å². The van der Waals surface area contributed by atoms with Crippen LogP contribution in [-0.2, 0) is 9.57 Å². The van der Waals surface area contributed by atoms with E-state index in [2.05, 4.69) is 34.8 Å². The quantitative estimate of drug-likeness (QED) is 0.406. The Morgan fingerprint density at radius 1 is 1.23 bits per heavy atom. The minimum Gasteiger partial charge on any atom is -0.396 e. The molecule has 1 amide bonds. The van der Waals surface area contributed by atoms with Crippen LogP contribution in [0.3, 0.4) is 0 Å². The molecule has 0 saturated heterocycles. The minimum absolute atomic E-state index is 0.173. The first-order valence-electron chi connectivity index (χ1n) is 11.2. The Bertz CT molecular complexity index is 1210. The molecule has 182 valence electrons. The highest BCUT2D eigenvalue weighted by molar-refractivity contribution is 6.34. The fraction of sp³-hybridized carbons (Fsp3) is 0.269. The molecule has 1 aliphatic heterocycles. The van der Waals surface area contributed by atoms with E-state index >= 15 is 0 Å². The number of methoxy groups -OCH3 is 1. The predicted molar refractivity (Wildman–Crippen MR) is 140 cm³/mol. The number of rotatable bonds is 9. The van der Waals surface area contributed by atoms with E-state index in [1.165, 1.54) is 5.57 Å². The number of carbonyl (C=O) groups is 1. The zero-order chi connectivity index (χ0) is 24.8. The summed E-state index contributed by atoms with van der Waals surface area (Å²) in [6.45, 7) is 1.26. The van der Waals surface area contributed by atoms with Crippen molar-refractivity contribution < 1.29 is 14.4 Å². The van der Waals surface area contributed by atoms with Crippen molar-refractivity contribution in [1.82, 2.24) is 10.5 Å². The number of amides is 1. The molecule has 8 nitrogen and oxygen atoms in total. The Morgan fingerprint density at radius 3 is 2.89 bits per heavy atom. The van der Waals surface area contributed by atoms with Crippen LogP contribution in [0.1, 0.15) is 10.4 Å². The van der Waals surface area contributed by atoms with E-state index in [4.69, 9.17) is 31.9 Å². The maximum absolute atomic E-state index is 12.3. The normalized spacial score (nSPS) is 18.2. The lowest BCUT2D eigenvalue weighted by atomic mass is 9.90. The molecule has 3 N–H and O–H groups in total. The van der Waals surface area contributed by atoms with Crippen LogP contribution in [-0.4, -0.2) is 57.1 Å². The second-order valence-electron chi connectivity index (χ2n) is 8.28. The summed E-state index contributed by atoms with van der Waals surface area (Å²) in [5.41, 5.74) is 12.1. The van der Waals surface area contributed by atoms with E-state index in [0.29, 0.717) is 40.9 Å². The number of allylic oxidation sites excluding steroid dienone is 1. The SMILES string of the molecule is COCCONC(=O)c1ccc(-c2ccc(N)c(N(C)CC3=CC4C=CC=NC4C=C3)n2)cc1Cl. The summed E-state index contributed by atoms with van der Waals surface area (Å²) in [5, 5.41) is 0.291. The zero-order valence-electron chi connectivity index (χ0n) is 19.6. The lowest BCUT2D eigenvalue weighted by Crippen LogP contribution is -2.25. The molecule has 0 bridgehead atoms. The number of carbonyl (C=O) groups excluding carboxylic acids is 1. The van der Waals surface area contributed by atoms with Gasteiger partial charge in [0.1, 0.15) is 0 Å². The van der Waals surface area contributed by atoms with Crippen LogP contribution in [0.2, 0.25) is 5.02 Å². The Kier molecular flexibility index (Phi) is 7.97. The van der Waals surface area contributed by atoms with Gasteiger partial charge in [-0.2, -0.15) is 0 Å². The third-order valence-electron chi connectivity index (χ3n) is 5.74. The number of nitrogen functional groups attached to an aromatic ring is 1. The van der Waals surface area contributed by atoms with Crippen molar-refractivity contribution in [2.45, 2.75) is 6.04 Å². The maximum atomic E-state index is 12.3. The largest absolute Gasteiger partial charge is 0.396 e. The maximum Gasteiger partial charge on any atom is 0.276 e. The third-order valence-corrected chi connectivity index (χ3v) is 6.05. The molecule has 1 aromatic heterocycles. The number of hydrogen-bond acceptors (Lipinski definition) is 7. The highest BCUT2D eigenvalue weighted by Crippen LogP contribution is 2.30. The smallest absolute Gasteiger partial charge is 0.276 e. The van der Waals surface area contributed by atoms with Crippen LogP contribution in [0.15, 0.2) is 71.3 Å². The summed E-state index contributed by atoms with van der Waals surface area (Å²) >= 11 is 6.40. The molecule has 2 unspecified atom stereocenters. The number of aliphatic imine (C=N–C) groups is 1. The molecule has 4 rings (SSSR count). The van der Waals surface area contributed by atoms with Crippen LogP contribution in [0.5, 0.6) is 0 Å². The number of ether oxygens (including phenoxy) is 1. The number of likely N-dealkylation sites (N-methyl/N-ethyl adjacent to an activating group) is 1. The van der Waals surface area contributed by atoms with Crippen LogP contribution in [0.4, 0.5) is 11.5 Å². The van der Waals surface area contributed by atoms with E-state index in [1.807, 2.05) is 36.4 Å². The van der Waals surface area contributed by atoms with Crippen LogP contribution in [0.25, 0.3) is 11.3 Å². The second-order valence-corrected chi connectivity index (χ2v) is 8.69. The summed E-state index contributed by atoms with van der Waals surface area (Å²) in [6.07, 6.45) is 12.5. The molecule has 0 saturated carbocycles. The van der Waals surface area contributed by atoms with Crippen molar-refractivity contribution in [3.05, 3.63) is 76.9 Å². The number of nitrogens with one attached hydrogen (secondary N) is 1. The molecule has 0 spiro atoms.